The highest BCUT2D eigenvalue weighted by molar-refractivity contribution is 5.91. The maximum Gasteiger partial charge on any atom is 0.243 e. The van der Waals surface area contributed by atoms with Gasteiger partial charge in [0, 0.05) is 37.6 Å². The first-order valence-corrected chi connectivity index (χ1v) is 12.1. The Morgan fingerprint density at radius 3 is 2.32 bits per heavy atom. The van der Waals surface area contributed by atoms with Crippen molar-refractivity contribution >= 4 is 17.6 Å². The Kier molecular flexibility index (Phi) is 10.3. The van der Waals surface area contributed by atoms with Crippen LogP contribution < -0.4 is 11.1 Å². The average molecular weight is 510 g/mol. The fourth-order valence-electron chi connectivity index (χ4n) is 3.40. The third-order valence-corrected chi connectivity index (χ3v) is 5.52. The third kappa shape index (κ3) is 8.69. The van der Waals surface area contributed by atoms with Gasteiger partial charge in [0.1, 0.15) is 12.4 Å². The van der Waals surface area contributed by atoms with E-state index in [1.807, 2.05) is 60.7 Å². The maximum atomic E-state index is 12.1. The van der Waals surface area contributed by atoms with Crippen molar-refractivity contribution in [3.05, 3.63) is 102 Å². The van der Waals surface area contributed by atoms with E-state index >= 15 is 0 Å². The zero-order valence-corrected chi connectivity index (χ0v) is 21.5. The van der Waals surface area contributed by atoms with Crippen molar-refractivity contribution < 1.29 is 9.59 Å². The highest BCUT2D eigenvalue weighted by atomic mass is 16.2. The van der Waals surface area contributed by atoms with Gasteiger partial charge in [-0.05, 0) is 48.4 Å². The number of likely N-dealkylation sites (N-methyl/N-ethyl adjacent to an activating group) is 1. The number of hydrogen-bond acceptors (Lipinski definition) is 6. The minimum atomic E-state index is -0.114. The van der Waals surface area contributed by atoms with Crippen molar-refractivity contribution in [3.8, 4) is 17.2 Å². The number of pyridine rings is 1. The molecule has 194 valence electrons. The first kappa shape index (κ1) is 27.8. The minimum absolute atomic E-state index is 0.0285. The summed E-state index contributed by atoms with van der Waals surface area (Å²) in [5.41, 5.74) is 9.92. The molecule has 3 N–H and O–H groups in total. The summed E-state index contributed by atoms with van der Waals surface area (Å²) in [6.45, 7) is 0.847. The summed E-state index contributed by atoms with van der Waals surface area (Å²) >= 11 is 0. The molecule has 2 aromatic carbocycles. The molecule has 2 amide bonds. The largest absolute Gasteiger partial charge is 0.347 e. The van der Waals surface area contributed by atoms with E-state index < -0.39 is 0 Å². The summed E-state index contributed by atoms with van der Waals surface area (Å²) < 4.78 is 1.59. The number of nitriles is 1. The number of hydrogen-bond donors (Lipinski definition) is 2. The van der Waals surface area contributed by atoms with Crippen LogP contribution in [0.25, 0.3) is 11.1 Å². The summed E-state index contributed by atoms with van der Waals surface area (Å²) in [7, 11) is 3.42. The average Bonchev–Trinajstić information content (AvgIpc) is 3.39. The normalized spacial score (nSPS) is 10.1. The smallest absolute Gasteiger partial charge is 0.243 e. The molecule has 0 radical (unpaired) electrons. The highest BCUT2D eigenvalue weighted by Crippen LogP contribution is 2.19. The van der Waals surface area contributed by atoms with Gasteiger partial charge in [0.15, 0.2) is 0 Å². The van der Waals surface area contributed by atoms with Gasteiger partial charge in [0.25, 0.3) is 0 Å². The number of nitrogens with zero attached hydrogens (tertiary/aromatic N) is 5. The highest BCUT2D eigenvalue weighted by Gasteiger charge is 2.09. The van der Waals surface area contributed by atoms with Crippen LogP contribution in [0.4, 0.5) is 5.82 Å². The molecule has 9 heteroatoms. The monoisotopic (exact) mass is 509 g/mol. The minimum Gasteiger partial charge on any atom is -0.347 e. The van der Waals surface area contributed by atoms with E-state index in [1.54, 1.807) is 43.4 Å². The van der Waals surface area contributed by atoms with Gasteiger partial charge in [0.05, 0.1) is 24.3 Å². The van der Waals surface area contributed by atoms with Crippen LogP contribution in [0.1, 0.15) is 16.7 Å². The molecular weight excluding hydrogens is 478 g/mol. The molecule has 2 heterocycles. The number of anilines is 1. The molecule has 0 aliphatic rings. The lowest BCUT2D eigenvalue weighted by molar-refractivity contribution is -0.129. The molecule has 0 atom stereocenters. The molecule has 4 aromatic rings. The number of benzene rings is 2. The van der Waals surface area contributed by atoms with Crippen molar-refractivity contribution in [2.24, 2.45) is 5.73 Å². The summed E-state index contributed by atoms with van der Waals surface area (Å²) in [6, 6.07) is 22.7. The molecule has 0 unspecified atom stereocenters. The zero-order chi connectivity index (χ0) is 27.3. The molecule has 2 aromatic heterocycles. The van der Waals surface area contributed by atoms with Crippen LogP contribution in [0.2, 0.25) is 0 Å². The second kappa shape index (κ2) is 14.1. The van der Waals surface area contributed by atoms with Crippen LogP contribution in [-0.4, -0.2) is 52.1 Å². The summed E-state index contributed by atoms with van der Waals surface area (Å²) in [5, 5.41) is 15.5. The van der Waals surface area contributed by atoms with E-state index in [0.717, 1.165) is 23.1 Å². The van der Waals surface area contributed by atoms with Crippen LogP contribution in [0.3, 0.4) is 0 Å². The quantitative estimate of drug-likeness (QED) is 0.375. The van der Waals surface area contributed by atoms with Crippen molar-refractivity contribution in [1.82, 2.24) is 19.7 Å². The van der Waals surface area contributed by atoms with Gasteiger partial charge in [-0.25, -0.2) is 4.98 Å². The topological polar surface area (TPSA) is 130 Å². The predicted octanol–water partition coefficient (Wildman–Crippen LogP) is 3.27. The van der Waals surface area contributed by atoms with Gasteiger partial charge in [-0.2, -0.15) is 10.4 Å². The third-order valence-electron chi connectivity index (χ3n) is 5.52. The zero-order valence-electron chi connectivity index (χ0n) is 21.5. The number of nitrogens with one attached hydrogen (secondary N) is 1. The van der Waals surface area contributed by atoms with Crippen molar-refractivity contribution in [2.75, 3.05) is 26.0 Å². The molecule has 0 aliphatic heterocycles. The second-order valence-corrected chi connectivity index (χ2v) is 8.70. The standard InChI is InChI=1S/C20H21N5O2.C9H10N2/c1-24(2)20(27)14-25-13-17(12-22-25)16-8-9-18(21-11-16)23-19(26)10-15-6-4-3-5-7-15;10-6-5-8-1-3-9(7-11)4-2-8/h3-9,11-13H,10,14H2,1-2H3,(H,21,23,26);1-4H,5-6,10H2. The van der Waals surface area contributed by atoms with Gasteiger partial charge in [-0.3, -0.25) is 14.3 Å². The van der Waals surface area contributed by atoms with Crippen LogP contribution in [0.5, 0.6) is 0 Å². The van der Waals surface area contributed by atoms with Gasteiger partial charge in [-0.15, -0.1) is 0 Å². The van der Waals surface area contributed by atoms with Gasteiger partial charge >= 0.3 is 0 Å². The van der Waals surface area contributed by atoms with Crippen LogP contribution in [0, 0.1) is 11.3 Å². The lowest BCUT2D eigenvalue weighted by Gasteiger charge is -2.09. The lowest BCUT2D eigenvalue weighted by Crippen LogP contribution is -2.26. The van der Waals surface area contributed by atoms with E-state index in [0.29, 0.717) is 24.3 Å². The molecule has 9 nitrogen and oxygen atoms in total. The molecule has 0 spiro atoms. The predicted molar refractivity (Wildman–Crippen MR) is 147 cm³/mol. The molecule has 4 rings (SSSR count). The van der Waals surface area contributed by atoms with Crippen molar-refractivity contribution in [1.29, 1.82) is 5.26 Å². The number of nitrogens with two attached hydrogens (primary N) is 1. The number of carbonyl (C=O) groups is 2. The van der Waals surface area contributed by atoms with Crippen molar-refractivity contribution in [3.63, 3.8) is 0 Å². The number of carbonyl (C=O) groups excluding carboxylic acids is 2. The number of aromatic nitrogens is 3. The van der Waals surface area contributed by atoms with Crippen LogP contribution in [-0.2, 0) is 29.0 Å². The molecule has 0 aliphatic carbocycles. The molecule has 0 saturated heterocycles. The SMILES string of the molecule is CN(C)C(=O)Cn1cc(-c2ccc(NC(=O)Cc3ccccc3)nc2)cn1.N#Cc1ccc(CCN)cc1. The summed E-state index contributed by atoms with van der Waals surface area (Å²) in [5.74, 6) is 0.352. The van der Waals surface area contributed by atoms with E-state index in [9.17, 15) is 9.59 Å². The Bertz CT molecular complexity index is 1360. The summed E-state index contributed by atoms with van der Waals surface area (Å²) in [6.07, 6.45) is 6.34. The Balaban J connectivity index is 0.000000304. The fraction of sp³-hybridized carbons (Fsp3) is 0.207. The number of rotatable bonds is 8. The Hall–Kier alpha value is -4.81. The Morgan fingerprint density at radius 2 is 1.71 bits per heavy atom. The van der Waals surface area contributed by atoms with Crippen LogP contribution in [0.15, 0.2) is 85.3 Å². The van der Waals surface area contributed by atoms with Crippen LogP contribution >= 0.6 is 0 Å². The molecule has 0 saturated carbocycles. The number of amides is 2. The molecule has 0 bridgehead atoms. The van der Waals surface area contributed by atoms with Gasteiger partial charge in [0.2, 0.25) is 11.8 Å². The second-order valence-electron chi connectivity index (χ2n) is 8.70. The first-order valence-electron chi connectivity index (χ1n) is 12.1. The van der Waals surface area contributed by atoms with Gasteiger partial charge in [-0.1, -0.05) is 42.5 Å². The van der Waals surface area contributed by atoms with E-state index in [1.165, 1.54) is 10.5 Å². The maximum absolute atomic E-state index is 12.1. The van der Waals surface area contributed by atoms with E-state index in [2.05, 4.69) is 21.5 Å². The Morgan fingerprint density at radius 1 is 0.974 bits per heavy atom. The van der Waals surface area contributed by atoms with E-state index in [-0.39, 0.29) is 18.4 Å². The molecule has 0 fully saturated rings. The first-order chi connectivity index (χ1) is 18.4. The Labute approximate surface area is 222 Å². The van der Waals surface area contributed by atoms with E-state index in [4.69, 9.17) is 11.0 Å². The fourth-order valence-corrected chi connectivity index (χ4v) is 3.40. The molecular formula is C29H31N7O2. The lowest BCUT2D eigenvalue weighted by atomic mass is 10.1. The summed E-state index contributed by atoms with van der Waals surface area (Å²) in [4.78, 5) is 29.7. The van der Waals surface area contributed by atoms with Crippen molar-refractivity contribution in [2.45, 2.75) is 19.4 Å². The molecule has 38 heavy (non-hydrogen) atoms. The van der Waals surface area contributed by atoms with Gasteiger partial charge < -0.3 is 16.0 Å².